The second-order valence-corrected chi connectivity index (χ2v) is 5.86. The molecule has 108 valence electrons. The van der Waals surface area contributed by atoms with Crippen molar-refractivity contribution < 1.29 is 4.79 Å². The zero-order valence-corrected chi connectivity index (χ0v) is 12.5. The second-order valence-electron chi connectivity index (χ2n) is 4.97. The van der Waals surface area contributed by atoms with Gasteiger partial charge in [-0.2, -0.15) is 0 Å². The SMILES string of the molecule is O=C(CN1CC=C(c2ccccc2)CC1)Nc1nccs1. The lowest BCUT2D eigenvalue weighted by Crippen LogP contribution is -2.36. The normalized spacial score (nSPS) is 15.5. The first-order valence-corrected chi connectivity index (χ1v) is 7.85. The average molecular weight is 299 g/mol. The molecule has 21 heavy (non-hydrogen) atoms. The van der Waals surface area contributed by atoms with Crippen LogP contribution >= 0.6 is 11.3 Å². The van der Waals surface area contributed by atoms with Crippen molar-refractivity contribution in [2.45, 2.75) is 6.42 Å². The van der Waals surface area contributed by atoms with Crippen LogP contribution in [0.2, 0.25) is 0 Å². The number of nitrogens with zero attached hydrogens (tertiary/aromatic N) is 2. The minimum absolute atomic E-state index is 0.00140. The Balaban J connectivity index is 1.53. The van der Waals surface area contributed by atoms with Crippen LogP contribution in [-0.4, -0.2) is 35.4 Å². The highest BCUT2D eigenvalue weighted by atomic mass is 32.1. The summed E-state index contributed by atoms with van der Waals surface area (Å²) in [5.41, 5.74) is 2.65. The van der Waals surface area contributed by atoms with Crippen LogP contribution in [0, 0.1) is 0 Å². The number of amides is 1. The number of hydrogen-bond donors (Lipinski definition) is 1. The van der Waals surface area contributed by atoms with Crippen LogP contribution in [0.5, 0.6) is 0 Å². The largest absolute Gasteiger partial charge is 0.301 e. The third kappa shape index (κ3) is 3.77. The summed E-state index contributed by atoms with van der Waals surface area (Å²) in [5, 5.41) is 5.34. The monoisotopic (exact) mass is 299 g/mol. The zero-order valence-electron chi connectivity index (χ0n) is 11.7. The molecule has 3 rings (SSSR count). The van der Waals surface area contributed by atoms with Gasteiger partial charge < -0.3 is 5.32 Å². The first-order valence-electron chi connectivity index (χ1n) is 6.97. The minimum Gasteiger partial charge on any atom is -0.301 e. The van der Waals surface area contributed by atoms with Crippen molar-refractivity contribution >= 4 is 27.9 Å². The Morgan fingerprint density at radius 1 is 1.33 bits per heavy atom. The van der Waals surface area contributed by atoms with Gasteiger partial charge in [0.05, 0.1) is 6.54 Å². The van der Waals surface area contributed by atoms with Crippen molar-refractivity contribution in [2.75, 3.05) is 25.0 Å². The van der Waals surface area contributed by atoms with Gasteiger partial charge in [0.2, 0.25) is 5.91 Å². The fraction of sp³-hybridized carbons (Fsp3) is 0.250. The molecule has 1 amide bonds. The molecule has 1 aliphatic heterocycles. The Morgan fingerprint density at radius 3 is 2.86 bits per heavy atom. The molecule has 1 aromatic heterocycles. The number of thiazole rings is 1. The van der Waals surface area contributed by atoms with Crippen LogP contribution in [0.1, 0.15) is 12.0 Å². The van der Waals surface area contributed by atoms with Crippen molar-refractivity contribution in [2.24, 2.45) is 0 Å². The highest BCUT2D eigenvalue weighted by molar-refractivity contribution is 7.13. The van der Waals surface area contributed by atoms with E-state index >= 15 is 0 Å². The smallest absolute Gasteiger partial charge is 0.240 e. The van der Waals surface area contributed by atoms with E-state index in [1.165, 1.54) is 22.5 Å². The Hall–Kier alpha value is -1.98. The molecule has 2 heterocycles. The molecule has 1 N–H and O–H groups in total. The molecule has 1 aromatic carbocycles. The maximum Gasteiger partial charge on any atom is 0.240 e. The molecule has 0 aliphatic carbocycles. The third-order valence-electron chi connectivity index (χ3n) is 3.48. The topological polar surface area (TPSA) is 45.2 Å². The van der Waals surface area contributed by atoms with Crippen molar-refractivity contribution in [3.05, 3.63) is 53.5 Å². The van der Waals surface area contributed by atoms with Gasteiger partial charge in [-0.15, -0.1) is 11.3 Å². The summed E-state index contributed by atoms with van der Waals surface area (Å²) in [4.78, 5) is 18.1. The first kappa shape index (κ1) is 14.0. The molecular formula is C16H17N3OS. The van der Waals surface area contributed by atoms with E-state index in [2.05, 4.69) is 45.5 Å². The maximum atomic E-state index is 11.9. The minimum atomic E-state index is 0.00140. The fourth-order valence-corrected chi connectivity index (χ4v) is 2.96. The van der Waals surface area contributed by atoms with Crippen molar-refractivity contribution in [1.82, 2.24) is 9.88 Å². The lowest BCUT2D eigenvalue weighted by atomic mass is 10.00. The van der Waals surface area contributed by atoms with E-state index < -0.39 is 0 Å². The molecule has 2 aromatic rings. The molecule has 0 saturated heterocycles. The van der Waals surface area contributed by atoms with Gasteiger partial charge in [0.25, 0.3) is 0 Å². The maximum absolute atomic E-state index is 11.9. The Kier molecular flexibility index (Phi) is 4.43. The zero-order chi connectivity index (χ0) is 14.5. The first-order chi connectivity index (χ1) is 10.3. The van der Waals surface area contributed by atoms with Gasteiger partial charge in [-0.05, 0) is 17.6 Å². The number of hydrogen-bond acceptors (Lipinski definition) is 4. The quantitative estimate of drug-likeness (QED) is 0.944. The van der Waals surface area contributed by atoms with Crippen LogP contribution in [-0.2, 0) is 4.79 Å². The van der Waals surface area contributed by atoms with Crippen LogP contribution in [0.4, 0.5) is 5.13 Å². The second kappa shape index (κ2) is 6.65. The molecule has 0 fully saturated rings. The Labute approximate surface area is 128 Å². The van der Waals surface area contributed by atoms with Crippen molar-refractivity contribution in [1.29, 1.82) is 0 Å². The fourth-order valence-electron chi connectivity index (χ4n) is 2.42. The summed E-state index contributed by atoms with van der Waals surface area (Å²) in [6.45, 7) is 2.14. The molecule has 0 spiro atoms. The van der Waals surface area contributed by atoms with E-state index in [9.17, 15) is 4.79 Å². The molecule has 0 unspecified atom stereocenters. The van der Waals surface area contributed by atoms with E-state index in [0.717, 1.165) is 19.5 Å². The average Bonchev–Trinajstić information content (AvgIpc) is 3.02. The van der Waals surface area contributed by atoms with Gasteiger partial charge in [-0.1, -0.05) is 36.4 Å². The summed E-state index contributed by atoms with van der Waals surface area (Å²) < 4.78 is 0. The van der Waals surface area contributed by atoms with E-state index in [-0.39, 0.29) is 5.91 Å². The molecule has 4 nitrogen and oxygen atoms in total. The van der Waals surface area contributed by atoms with E-state index in [1.54, 1.807) is 6.20 Å². The predicted molar refractivity (Wildman–Crippen MR) is 86.2 cm³/mol. The molecule has 0 saturated carbocycles. The van der Waals surface area contributed by atoms with Crippen LogP contribution < -0.4 is 5.32 Å². The van der Waals surface area contributed by atoms with Gasteiger partial charge in [-0.25, -0.2) is 4.98 Å². The standard InChI is InChI=1S/C16H17N3OS/c20-15(18-16-17-8-11-21-16)12-19-9-6-14(7-10-19)13-4-2-1-3-5-13/h1-6,8,11H,7,9-10,12H2,(H,17,18,20). The predicted octanol–water partition coefficient (Wildman–Crippen LogP) is 2.87. The summed E-state index contributed by atoms with van der Waals surface area (Å²) >= 11 is 1.44. The number of nitrogens with one attached hydrogen (secondary N) is 1. The molecule has 5 heteroatoms. The Bertz CT molecular complexity index is 622. The van der Waals surface area contributed by atoms with Gasteiger partial charge >= 0.3 is 0 Å². The molecule has 0 atom stereocenters. The number of rotatable bonds is 4. The molecule has 0 bridgehead atoms. The van der Waals surface area contributed by atoms with E-state index in [1.807, 2.05) is 11.4 Å². The number of benzene rings is 1. The number of carbonyl (C=O) groups excluding carboxylic acids is 1. The highest BCUT2D eigenvalue weighted by Crippen LogP contribution is 2.21. The van der Waals surface area contributed by atoms with Gasteiger partial charge in [0.1, 0.15) is 0 Å². The third-order valence-corrected chi connectivity index (χ3v) is 4.17. The number of anilines is 1. The summed E-state index contributed by atoms with van der Waals surface area (Å²) in [7, 11) is 0. The van der Waals surface area contributed by atoms with Gasteiger partial charge in [0, 0.05) is 24.7 Å². The van der Waals surface area contributed by atoms with Crippen LogP contribution in [0.15, 0.2) is 48.0 Å². The summed E-state index contributed by atoms with van der Waals surface area (Å²) in [6, 6.07) is 10.4. The van der Waals surface area contributed by atoms with E-state index in [4.69, 9.17) is 0 Å². The van der Waals surface area contributed by atoms with Crippen molar-refractivity contribution in [3.8, 4) is 0 Å². The lowest BCUT2D eigenvalue weighted by molar-refractivity contribution is -0.117. The van der Waals surface area contributed by atoms with E-state index in [0.29, 0.717) is 11.7 Å². The van der Waals surface area contributed by atoms with Gasteiger partial charge in [-0.3, -0.25) is 9.69 Å². The summed E-state index contributed by atoms with van der Waals surface area (Å²) in [5.74, 6) is 0.00140. The Morgan fingerprint density at radius 2 is 2.19 bits per heavy atom. The summed E-state index contributed by atoms with van der Waals surface area (Å²) in [6.07, 6.45) is 4.89. The van der Waals surface area contributed by atoms with Crippen LogP contribution in [0.3, 0.4) is 0 Å². The highest BCUT2D eigenvalue weighted by Gasteiger charge is 2.16. The number of aromatic nitrogens is 1. The molecule has 1 aliphatic rings. The lowest BCUT2D eigenvalue weighted by Gasteiger charge is -2.25. The van der Waals surface area contributed by atoms with Crippen LogP contribution in [0.25, 0.3) is 5.57 Å². The van der Waals surface area contributed by atoms with Crippen molar-refractivity contribution in [3.63, 3.8) is 0 Å². The molecular weight excluding hydrogens is 282 g/mol. The number of carbonyl (C=O) groups is 1. The molecule has 0 radical (unpaired) electrons. The van der Waals surface area contributed by atoms with Gasteiger partial charge in [0.15, 0.2) is 5.13 Å².